The van der Waals surface area contributed by atoms with Gasteiger partial charge < -0.3 is 4.90 Å². The van der Waals surface area contributed by atoms with Gasteiger partial charge in [-0.3, -0.25) is 9.48 Å². The van der Waals surface area contributed by atoms with Crippen LogP contribution < -0.4 is 0 Å². The summed E-state index contributed by atoms with van der Waals surface area (Å²) >= 11 is 6.21. The normalized spacial score (nSPS) is 17.5. The predicted molar refractivity (Wildman–Crippen MR) is 97.2 cm³/mol. The Labute approximate surface area is 156 Å². The Hall–Kier alpha value is -2.67. The molecule has 0 bridgehead atoms. The van der Waals surface area contributed by atoms with Crippen LogP contribution in [0.2, 0.25) is 5.02 Å². The number of hydrogen-bond acceptors (Lipinski definition) is 4. The number of aryl methyl sites for hydroxylation is 1. The minimum absolute atomic E-state index is 0.00853. The highest BCUT2D eigenvalue weighted by atomic mass is 35.5. The lowest BCUT2D eigenvalue weighted by Crippen LogP contribution is -2.39. The fourth-order valence-corrected chi connectivity index (χ4v) is 3.68. The first-order valence-electron chi connectivity index (χ1n) is 8.61. The van der Waals surface area contributed by atoms with Gasteiger partial charge >= 0.3 is 0 Å². The SMILES string of the molecule is Cn1nccc1C1CCCCN1C(=O)c1cn(-c2ccccc2Cl)nn1. The Balaban J connectivity index is 1.62. The third-order valence-corrected chi connectivity index (χ3v) is 5.10. The van der Waals surface area contributed by atoms with Crippen molar-refractivity contribution in [3.05, 3.63) is 59.1 Å². The van der Waals surface area contributed by atoms with E-state index in [1.807, 2.05) is 40.9 Å². The minimum atomic E-state index is -0.116. The molecule has 0 aliphatic carbocycles. The van der Waals surface area contributed by atoms with Crippen LogP contribution in [-0.2, 0) is 7.05 Å². The zero-order valence-electron chi connectivity index (χ0n) is 14.4. The number of aromatic nitrogens is 5. The number of para-hydroxylation sites is 1. The van der Waals surface area contributed by atoms with E-state index in [0.717, 1.165) is 25.0 Å². The number of nitrogens with zero attached hydrogens (tertiary/aromatic N) is 6. The topological polar surface area (TPSA) is 68.8 Å². The van der Waals surface area contributed by atoms with Crippen molar-refractivity contribution in [3.63, 3.8) is 0 Å². The molecule has 1 fully saturated rings. The number of halogens is 1. The van der Waals surface area contributed by atoms with Crippen LogP contribution in [0.15, 0.2) is 42.7 Å². The molecule has 1 aromatic carbocycles. The summed E-state index contributed by atoms with van der Waals surface area (Å²) in [5.74, 6) is -0.116. The van der Waals surface area contributed by atoms with Gasteiger partial charge in [-0.05, 0) is 37.5 Å². The van der Waals surface area contributed by atoms with Gasteiger partial charge in [0.15, 0.2) is 5.69 Å². The largest absolute Gasteiger partial charge is 0.329 e. The molecule has 7 nitrogen and oxygen atoms in total. The number of carbonyl (C=O) groups excluding carboxylic acids is 1. The van der Waals surface area contributed by atoms with Gasteiger partial charge in [-0.15, -0.1) is 5.10 Å². The number of hydrogen-bond donors (Lipinski definition) is 0. The maximum atomic E-state index is 13.1. The highest BCUT2D eigenvalue weighted by Gasteiger charge is 2.31. The first-order valence-corrected chi connectivity index (χ1v) is 8.99. The number of likely N-dealkylation sites (tertiary alicyclic amines) is 1. The molecule has 8 heteroatoms. The number of amides is 1. The summed E-state index contributed by atoms with van der Waals surface area (Å²) in [6.07, 6.45) is 6.40. The van der Waals surface area contributed by atoms with E-state index in [0.29, 0.717) is 22.9 Å². The molecule has 1 aliphatic rings. The number of benzene rings is 1. The molecule has 1 unspecified atom stereocenters. The van der Waals surface area contributed by atoms with E-state index >= 15 is 0 Å². The number of rotatable bonds is 3. The molecule has 134 valence electrons. The van der Waals surface area contributed by atoms with Crippen molar-refractivity contribution in [1.82, 2.24) is 29.7 Å². The Kier molecular flexibility index (Phi) is 4.46. The van der Waals surface area contributed by atoms with Crippen LogP contribution in [0.1, 0.15) is 41.5 Å². The average Bonchev–Trinajstić information content (AvgIpc) is 3.31. The summed E-state index contributed by atoms with van der Waals surface area (Å²) in [6.45, 7) is 0.702. The maximum absolute atomic E-state index is 13.1. The minimum Gasteiger partial charge on any atom is -0.329 e. The highest BCUT2D eigenvalue weighted by Crippen LogP contribution is 2.31. The van der Waals surface area contributed by atoms with Crippen molar-refractivity contribution in [2.45, 2.75) is 25.3 Å². The molecule has 3 aromatic rings. The lowest BCUT2D eigenvalue weighted by molar-refractivity contribution is 0.0595. The zero-order valence-corrected chi connectivity index (χ0v) is 15.2. The molecule has 0 radical (unpaired) electrons. The van der Waals surface area contributed by atoms with E-state index in [1.54, 1.807) is 23.1 Å². The van der Waals surface area contributed by atoms with Crippen LogP contribution in [-0.4, -0.2) is 42.1 Å². The molecule has 1 atom stereocenters. The van der Waals surface area contributed by atoms with Crippen molar-refractivity contribution in [2.75, 3.05) is 6.54 Å². The van der Waals surface area contributed by atoms with E-state index in [1.165, 1.54) is 0 Å². The third kappa shape index (κ3) is 2.99. The monoisotopic (exact) mass is 370 g/mol. The number of carbonyl (C=O) groups is 1. The second-order valence-corrected chi connectivity index (χ2v) is 6.80. The van der Waals surface area contributed by atoms with E-state index in [9.17, 15) is 4.79 Å². The maximum Gasteiger partial charge on any atom is 0.276 e. The molecule has 0 spiro atoms. The summed E-state index contributed by atoms with van der Waals surface area (Å²) in [7, 11) is 1.90. The van der Waals surface area contributed by atoms with Gasteiger partial charge in [0.1, 0.15) is 0 Å². The standard InChI is InChI=1S/C18H19ClN6O/c1-23-16(9-10-20-23)17-8-4-5-11-24(17)18(26)14-12-25(22-21-14)15-7-3-2-6-13(15)19/h2-3,6-7,9-10,12,17H,4-5,8,11H2,1H3. The van der Waals surface area contributed by atoms with E-state index in [4.69, 9.17) is 11.6 Å². The molecule has 4 rings (SSSR count). The third-order valence-electron chi connectivity index (χ3n) is 4.78. The average molecular weight is 371 g/mol. The first kappa shape index (κ1) is 16.8. The molecule has 2 aromatic heterocycles. The van der Waals surface area contributed by atoms with E-state index in [-0.39, 0.29) is 11.9 Å². The molecule has 1 amide bonds. The van der Waals surface area contributed by atoms with Gasteiger partial charge in [-0.25, -0.2) is 4.68 Å². The smallest absolute Gasteiger partial charge is 0.276 e. The lowest BCUT2D eigenvalue weighted by atomic mass is 9.99. The molecule has 0 N–H and O–H groups in total. The van der Waals surface area contributed by atoms with E-state index in [2.05, 4.69) is 15.4 Å². The van der Waals surface area contributed by atoms with Crippen LogP contribution in [0.4, 0.5) is 0 Å². The molecule has 1 aliphatic heterocycles. The van der Waals surface area contributed by atoms with Gasteiger partial charge in [-0.2, -0.15) is 5.10 Å². The van der Waals surface area contributed by atoms with E-state index < -0.39 is 0 Å². The first-order chi connectivity index (χ1) is 12.6. The quantitative estimate of drug-likeness (QED) is 0.710. The summed E-state index contributed by atoms with van der Waals surface area (Å²) < 4.78 is 3.37. The van der Waals surface area contributed by atoms with Gasteiger partial charge in [0.05, 0.1) is 28.6 Å². The fraction of sp³-hybridized carbons (Fsp3) is 0.333. The van der Waals surface area contributed by atoms with Crippen LogP contribution in [0.3, 0.4) is 0 Å². The molecule has 1 saturated heterocycles. The molecule has 0 saturated carbocycles. The Morgan fingerprint density at radius 1 is 1.23 bits per heavy atom. The fourth-order valence-electron chi connectivity index (χ4n) is 3.46. The molecular weight excluding hydrogens is 352 g/mol. The summed E-state index contributed by atoms with van der Waals surface area (Å²) in [5, 5.41) is 13.0. The summed E-state index contributed by atoms with van der Waals surface area (Å²) in [6, 6.07) is 9.31. The number of piperidine rings is 1. The second kappa shape index (κ2) is 6.92. The zero-order chi connectivity index (χ0) is 18.1. The second-order valence-electron chi connectivity index (χ2n) is 6.39. The van der Waals surface area contributed by atoms with Crippen molar-refractivity contribution >= 4 is 17.5 Å². The van der Waals surface area contributed by atoms with Crippen molar-refractivity contribution < 1.29 is 4.79 Å². The van der Waals surface area contributed by atoms with Crippen LogP contribution in [0.5, 0.6) is 0 Å². The van der Waals surface area contributed by atoms with Crippen LogP contribution in [0, 0.1) is 0 Å². The summed E-state index contributed by atoms with van der Waals surface area (Å²) in [4.78, 5) is 15.0. The highest BCUT2D eigenvalue weighted by molar-refractivity contribution is 6.32. The van der Waals surface area contributed by atoms with Gasteiger partial charge in [-0.1, -0.05) is 28.9 Å². The Bertz CT molecular complexity index is 933. The molecule has 3 heterocycles. The van der Waals surface area contributed by atoms with Gasteiger partial charge in [0, 0.05) is 19.8 Å². The van der Waals surface area contributed by atoms with Gasteiger partial charge in [0.2, 0.25) is 0 Å². The van der Waals surface area contributed by atoms with Crippen molar-refractivity contribution in [1.29, 1.82) is 0 Å². The Morgan fingerprint density at radius 3 is 2.85 bits per heavy atom. The predicted octanol–water partition coefficient (Wildman–Crippen LogP) is 3.02. The van der Waals surface area contributed by atoms with Crippen LogP contribution in [0.25, 0.3) is 5.69 Å². The van der Waals surface area contributed by atoms with Crippen molar-refractivity contribution in [2.24, 2.45) is 7.05 Å². The van der Waals surface area contributed by atoms with Crippen molar-refractivity contribution in [3.8, 4) is 5.69 Å². The summed E-state index contributed by atoms with van der Waals surface area (Å²) in [5.41, 5.74) is 2.05. The van der Waals surface area contributed by atoms with Gasteiger partial charge in [0.25, 0.3) is 5.91 Å². The Morgan fingerprint density at radius 2 is 2.08 bits per heavy atom. The van der Waals surface area contributed by atoms with Crippen LogP contribution >= 0.6 is 11.6 Å². The molecular formula is C18H19ClN6O. The molecule has 26 heavy (non-hydrogen) atoms. The lowest BCUT2D eigenvalue weighted by Gasteiger charge is -2.35.